The monoisotopic (exact) mass is 403 g/mol. The van der Waals surface area contributed by atoms with Crippen molar-refractivity contribution in [2.24, 2.45) is 0 Å². The van der Waals surface area contributed by atoms with Crippen molar-refractivity contribution in [3.63, 3.8) is 0 Å². The highest BCUT2D eigenvalue weighted by atomic mass is 79.9. The summed E-state index contributed by atoms with van der Waals surface area (Å²) in [5.41, 5.74) is 1.97. The second-order valence-corrected chi connectivity index (χ2v) is 7.92. The summed E-state index contributed by atoms with van der Waals surface area (Å²) < 4.78 is 8.55. The van der Waals surface area contributed by atoms with Gasteiger partial charge in [0.05, 0.1) is 16.0 Å². The van der Waals surface area contributed by atoms with Crippen LogP contribution in [0.15, 0.2) is 61.9 Å². The van der Waals surface area contributed by atoms with Gasteiger partial charge in [0, 0.05) is 10.0 Å². The molecule has 0 radical (unpaired) electrons. The van der Waals surface area contributed by atoms with Gasteiger partial charge < -0.3 is 4.52 Å². The standard InChI is InChI=1S/C16H10BrN3OS2/c17-11-7-5-10(6-8-11)15-19-14(21-20-15)9-22-16-18-12-3-1-2-4-13(12)23-16/h1-8H,9H2. The normalized spacial score (nSPS) is 11.2. The van der Waals surface area contributed by atoms with E-state index >= 15 is 0 Å². The molecule has 0 N–H and O–H groups in total. The van der Waals surface area contributed by atoms with Crippen LogP contribution < -0.4 is 0 Å². The second kappa shape index (κ2) is 6.43. The van der Waals surface area contributed by atoms with E-state index in [1.165, 1.54) is 4.70 Å². The Bertz CT molecular complexity index is 916. The zero-order chi connectivity index (χ0) is 15.6. The molecular weight excluding hydrogens is 394 g/mol. The molecule has 2 aromatic heterocycles. The average Bonchev–Trinajstić information content (AvgIpc) is 3.20. The lowest BCUT2D eigenvalue weighted by Crippen LogP contribution is -1.82. The minimum atomic E-state index is 0.604. The molecule has 0 spiro atoms. The molecule has 2 heterocycles. The predicted octanol–water partition coefficient (Wildman–Crippen LogP) is 5.40. The molecule has 0 fully saturated rings. The van der Waals surface area contributed by atoms with Gasteiger partial charge >= 0.3 is 0 Å². The summed E-state index contributed by atoms with van der Waals surface area (Å²) in [6, 6.07) is 16.0. The molecule has 0 aliphatic heterocycles. The minimum absolute atomic E-state index is 0.604. The van der Waals surface area contributed by atoms with Crippen molar-refractivity contribution in [1.29, 1.82) is 0 Å². The maximum atomic E-state index is 5.33. The quantitative estimate of drug-likeness (QED) is 0.426. The van der Waals surface area contributed by atoms with Gasteiger partial charge in [0.1, 0.15) is 0 Å². The second-order valence-electron chi connectivity index (χ2n) is 4.75. The fraction of sp³-hybridized carbons (Fsp3) is 0.0625. The summed E-state index contributed by atoms with van der Waals surface area (Å²) in [5, 5.41) is 4.04. The van der Waals surface area contributed by atoms with Crippen LogP contribution in [0.3, 0.4) is 0 Å². The number of thiazole rings is 1. The van der Waals surface area contributed by atoms with Crippen LogP contribution in [-0.4, -0.2) is 15.1 Å². The Hall–Kier alpha value is -1.70. The smallest absolute Gasteiger partial charge is 0.237 e. The van der Waals surface area contributed by atoms with Crippen molar-refractivity contribution in [3.8, 4) is 11.4 Å². The molecule has 0 aliphatic carbocycles. The largest absolute Gasteiger partial charge is 0.338 e. The van der Waals surface area contributed by atoms with E-state index in [1.54, 1.807) is 23.1 Å². The molecule has 4 rings (SSSR count). The zero-order valence-corrected chi connectivity index (χ0v) is 15.0. The van der Waals surface area contributed by atoms with Crippen molar-refractivity contribution < 1.29 is 4.52 Å². The Morgan fingerprint density at radius 3 is 2.70 bits per heavy atom. The average molecular weight is 404 g/mol. The first-order valence-electron chi connectivity index (χ1n) is 6.85. The number of thioether (sulfide) groups is 1. The first-order valence-corrected chi connectivity index (χ1v) is 9.44. The van der Waals surface area contributed by atoms with Crippen LogP contribution in [0.5, 0.6) is 0 Å². The maximum Gasteiger partial charge on any atom is 0.237 e. The van der Waals surface area contributed by atoms with Crippen molar-refractivity contribution >= 4 is 49.2 Å². The third-order valence-corrected chi connectivity index (χ3v) is 5.86. The number of nitrogens with zero attached hydrogens (tertiary/aromatic N) is 3. The fourth-order valence-corrected chi connectivity index (χ4v) is 4.24. The van der Waals surface area contributed by atoms with Gasteiger partial charge in [0.2, 0.25) is 11.7 Å². The lowest BCUT2D eigenvalue weighted by Gasteiger charge is -1.93. The number of aromatic nitrogens is 3. The molecule has 23 heavy (non-hydrogen) atoms. The number of benzene rings is 2. The molecule has 0 saturated heterocycles. The van der Waals surface area contributed by atoms with Crippen molar-refractivity contribution in [1.82, 2.24) is 15.1 Å². The molecule has 0 amide bonds. The predicted molar refractivity (Wildman–Crippen MR) is 96.6 cm³/mol. The molecule has 114 valence electrons. The van der Waals surface area contributed by atoms with Crippen molar-refractivity contribution in [2.75, 3.05) is 0 Å². The third-order valence-electron chi connectivity index (χ3n) is 3.16. The Kier molecular flexibility index (Phi) is 4.15. The van der Waals surface area contributed by atoms with Crippen LogP contribution in [0.2, 0.25) is 0 Å². The zero-order valence-electron chi connectivity index (χ0n) is 11.8. The highest BCUT2D eigenvalue weighted by molar-refractivity contribution is 9.10. The molecule has 0 aliphatic rings. The summed E-state index contributed by atoms with van der Waals surface area (Å²) in [4.78, 5) is 9.03. The van der Waals surface area contributed by atoms with Gasteiger partial charge in [-0.3, -0.25) is 0 Å². The van der Waals surface area contributed by atoms with Crippen LogP contribution >= 0.6 is 39.0 Å². The molecule has 4 aromatic rings. The van der Waals surface area contributed by atoms with Crippen LogP contribution in [0.1, 0.15) is 5.89 Å². The highest BCUT2D eigenvalue weighted by Crippen LogP contribution is 2.31. The number of hydrogen-bond acceptors (Lipinski definition) is 6. The molecule has 7 heteroatoms. The van der Waals surface area contributed by atoms with E-state index in [1.807, 2.05) is 42.5 Å². The van der Waals surface area contributed by atoms with E-state index in [9.17, 15) is 0 Å². The molecule has 2 aromatic carbocycles. The Morgan fingerprint density at radius 2 is 1.87 bits per heavy atom. The van der Waals surface area contributed by atoms with E-state index in [-0.39, 0.29) is 0 Å². The summed E-state index contributed by atoms with van der Waals surface area (Å²) in [7, 11) is 0. The van der Waals surface area contributed by atoms with Gasteiger partial charge in [-0.15, -0.1) is 11.3 Å². The van der Waals surface area contributed by atoms with Gasteiger partial charge in [-0.25, -0.2) is 4.98 Å². The summed E-state index contributed by atoms with van der Waals surface area (Å²) >= 11 is 6.71. The number of para-hydroxylation sites is 1. The minimum Gasteiger partial charge on any atom is -0.338 e. The highest BCUT2D eigenvalue weighted by Gasteiger charge is 2.10. The molecule has 4 nitrogen and oxygen atoms in total. The molecular formula is C16H10BrN3OS2. The number of fused-ring (bicyclic) bond motifs is 1. The lowest BCUT2D eigenvalue weighted by molar-refractivity contribution is 0.391. The maximum absolute atomic E-state index is 5.33. The first-order chi connectivity index (χ1) is 11.3. The molecule has 0 bridgehead atoms. The first kappa shape index (κ1) is 14.9. The Balaban J connectivity index is 1.48. The summed E-state index contributed by atoms with van der Waals surface area (Å²) in [5.74, 6) is 1.83. The number of hydrogen-bond donors (Lipinski definition) is 0. The number of rotatable bonds is 4. The SMILES string of the molecule is Brc1ccc(-c2noc(CSc3nc4ccccc4s3)n2)cc1. The molecule has 0 atom stereocenters. The van der Waals surface area contributed by atoms with Gasteiger partial charge in [-0.05, 0) is 36.4 Å². The fourth-order valence-electron chi connectivity index (χ4n) is 2.07. The van der Waals surface area contributed by atoms with Crippen LogP contribution in [-0.2, 0) is 5.75 Å². The van der Waals surface area contributed by atoms with Gasteiger partial charge in [-0.2, -0.15) is 4.98 Å². The van der Waals surface area contributed by atoms with Crippen molar-refractivity contribution in [3.05, 3.63) is 58.9 Å². The van der Waals surface area contributed by atoms with Crippen molar-refractivity contribution in [2.45, 2.75) is 10.1 Å². The van der Waals surface area contributed by atoms with Gasteiger partial charge in [0.25, 0.3) is 0 Å². The van der Waals surface area contributed by atoms with E-state index in [4.69, 9.17) is 4.52 Å². The van der Waals surface area contributed by atoms with Crippen LogP contribution in [0.25, 0.3) is 21.6 Å². The van der Waals surface area contributed by atoms with Gasteiger partial charge in [-0.1, -0.05) is 45.0 Å². The Morgan fingerprint density at radius 1 is 1.04 bits per heavy atom. The van der Waals surface area contributed by atoms with E-state index in [2.05, 4.69) is 37.1 Å². The topological polar surface area (TPSA) is 51.8 Å². The lowest BCUT2D eigenvalue weighted by atomic mass is 10.2. The van der Waals surface area contributed by atoms with Crippen LogP contribution in [0, 0.1) is 0 Å². The Labute approximate surface area is 149 Å². The van der Waals surface area contributed by atoms with Gasteiger partial charge in [0.15, 0.2) is 4.34 Å². The molecule has 0 saturated carbocycles. The van der Waals surface area contributed by atoms with E-state index in [0.717, 1.165) is 19.9 Å². The summed E-state index contributed by atoms with van der Waals surface area (Å²) in [6.45, 7) is 0. The van der Waals surface area contributed by atoms with E-state index in [0.29, 0.717) is 17.5 Å². The molecule has 0 unspecified atom stereocenters. The third kappa shape index (κ3) is 3.31. The summed E-state index contributed by atoms with van der Waals surface area (Å²) in [6.07, 6.45) is 0. The van der Waals surface area contributed by atoms with E-state index < -0.39 is 0 Å². The van der Waals surface area contributed by atoms with Crippen LogP contribution in [0.4, 0.5) is 0 Å². The number of halogens is 1.